The van der Waals surface area contributed by atoms with Crippen molar-refractivity contribution < 1.29 is 27.0 Å². The Morgan fingerprint density at radius 2 is 1.95 bits per heavy atom. The minimum atomic E-state index is -4.39. The van der Waals surface area contributed by atoms with Crippen LogP contribution in [0.5, 0.6) is 5.75 Å². The fourth-order valence-corrected chi connectivity index (χ4v) is 6.80. The van der Waals surface area contributed by atoms with Gasteiger partial charge in [0.15, 0.2) is 0 Å². The molecule has 41 heavy (non-hydrogen) atoms. The lowest BCUT2D eigenvalue weighted by atomic mass is 10.0. The highest BCUT2D eigenvalue weighted by Gasteiger charge is 2.32. The number of halogens is 4. The number of thiophene rings is 1. The minimum absolute atomic E-state index is 0.154. The molecule has 0 radical (unpaired) electrons. The lowest BCUT2D eigenvalue weighted by molar-refractivity contribution is -0.126. The van der Waals surface area contributed by atoms with Crippen LogP contribution in [-0.4, -0.2) is 83.6 Å². The number of nitrogens with zero attached hydrogens (tertiary/aromatic N) is 1. The maximum absolute atomic E-state index is 15.1. The first-order valence-corrected chi connectivity index (χ1v) is 16.5. The van der Waals surface area contributed by atoms with Crippen LogP contribution in [0.15, 0.2) is 36.4 Å². The van der Waals surface area contributed by atoms with E-state index >= 15 is 4.39 Å². The highest BCUT2D eigenvalue weighted by Crippen LogP contribution is 2.39. The van der Waals surface area contributed by atoms with Crippen molar-refractivity contribution >= 4 is 46.0 Å². The Balaban J connectivity index is 1.55. The maximum Gasteiger partial charge on any atom is 0.393 e. The average Bonchev–Trinajstić information content (AvgIpc) is 3.27. The summed E-state index contributed by atoms with van der Waals surface area (Å²) in [7, 11) is 2.95. The molecule has 0 spiro atoms. The second-order valence-corrected chi connectivity index (χ2v) is 13.5. The molecule has 2 heterocycles. The Morgan fingerprint density at radius 3 is 2.63 bits per heavy atom. The third kappa shape index (κ3) is 8.26. The predicted octanol–water partition coefficient (Wildman–Crippen LogP) is 6.32. The number of alkyl halides is 4. The van der Waals surface area contributed by atoms with E-state index in [1.165, 1.54) is 16.6 Å². The maximum atomic E-state index is 15.1. The monoisotopic (exact) mass is 609 g/mol. The molecule has 1 saturated heterocycles. The van der Waals surface area contributed by atoms with Crippen molar-refractivity contribution in [1.29, 1.82) is 0 Å². The third-order valence-corrected chi connectivity index (χ3v) is 9.55. The average molecular weight is 610 g/mol. The normalized spacial score (nSPS) is 17.9. The van der Waals surface area contributed by atoms with Gasteiger partial charge in [-0.3, -0.25) is 4.90 Å². The molecular weight excluding hydrogens is 573 g/mol. The molecule has 3 aromatic rings. The van der Waals surface area contributed by atoms with Crippen molar-refractivity contribution in [3.8, 4) is 17.6 Å². The summed E-state index contributed by atoms with van der Waals surface area (Å²) in [5.74, 6) is 6.67. The van der Waals surface area contributed by atoms with E-state index < -0.39 is 24.8 Å². The van der Waals surface area contributed by atoms with Crippen molar-refractivity contribution in [1.82, 2.24) is 4.90 Å². The van der Waals surface area contributed by atoms with Gasteiger partial charge in [0, 0.05) is 26.7 Å². The standard InChI is InChI=1S/C30H36F4N3O2PS/c1-38-16-15-37-14-12-24(23(31)19-37)36-26-8-5-7-21-22(18-30(32,33)34)28(41-29(21)26)9-6-13-35-25-11-10-20(40(3)4)17-27(25)39-2/h5,7-8,10-11,17,23-24,35-36H,12-16,18-19H2,1-4H3. The van der Waals surface area contributed by atoms with Gasteiger partial charge in [-0.1, -0.05) is 38.0 Å². The smallest absolute Gasteiger partial charge is 0.393 e. The number of ether oxygens (including phenoxy) is 2. The van der Waals surface area contributed by atoms with Gasteiger partial charge in [0.2, 0.25) is 0 Å². The van der Waals surface area contributed by atoms with E-state index in [0.29, 0.717) is 46.0 Å². The molecule has 2 unspecified atom stereocenters. The Morgan fingerprint density at radius 1 is 1.15 bits per heavy atom. The van der Waals surface area contributed by atoms with Crippen LogP contribution >= 0.6 is 19.3 Å². The summed E-state index contributed by atoms with van der Waals surface area (Å²) in [5.41, 5.74) is 1.56. The minimum Gasteiger partial charge on any atom is -0.495 e. The molecule has 1 aromatic heterocycles. The van der Waals surface area contributed by atoms with Crippen LogP contribution in [-0.2, 0) is 11.2 Å². The van der Waals surface area contributed by atoms with E-state index in [1.54, 1.807) is 32.4 Å². The molecule has 2 atom stereocenters. The lowest BCUT2D eigenvalue weighted by Gasteiger charge is -2.35. The lowest BCUT2D eigenvalue weighted by Crippen LogP contribution is -2.48. The fraction of sp³-hybridized carbons (Fsp3) is 0.467. The van der Waals surface area contributed by atoms with Crippen LogP contribution in [0.25, 0.3) is 10.1 Å². The number of rotatable bonds is 10. The summed E-state index contributed by atoms with van der Waals surface area (Å²) in [6, 6.07) is 10.7. The van der Waals surface area contributed by atoms with Gasteiger partial charge in [-0.2, -0.15) is 13.2 Å². The predicted molar refractivity (Wildman–Crippen MR) is 164 cm³/mol. The number of hydrogen-bond donors (Lipinski definition) is 2. The molecule has 0 bridgehead atoms. The summed E-state index contributed by atoms with van der Waals surface area (Å²) in [6.45, 7) is 6.77. The summed E-state index contributed by atoms with van der Waals surface area (Å²) in [5, 5.41) is 8.20. The van der Waals surface area contributed by atoms with Gasteiger partial charge in [0.1, 0.15) is 11.9 Å². The molecule has 1 fully saturated rings. The van der Waals surface area contributed by atoms with E-state index in [9.17, 15) is 13.2 Å². The first-order valence-electron chi connectivity index (χ1n) is 13.4. The largest absolute Gasteiger partial charge is 0.495 e. The Labute approximate surface area is 244 Å². The first-order chi connectivity index (χ1) is 19.6. The molecule has 1 aliphatic rings. The molecule has 0 saturated carbocycles. The Kier molecular flexibility index (Phi) is 10.8. The highest BCUT2D eigenvalue weighted by molar-refractivity contribution is 7.64. The Hall–Kier alpha value is -2.57. The number of anilines is 2. The molecule has 1 aliphatic heterocycles. The van der Waals surface area contributed by atoms with Crippen LogP contribution in [0.3, 0.4) is 0 Å². The van der Waals surface area contributed by atoms with Crippen LogP contribution in [0.2, 0.25) is 0 Å². The molecular formula is C30H36F4N3O2PS. The number of nitrogens with one attached hydrogen (secondary N) is 2. The molecule has 2 N–H and O–H groups in total. The van der Waals surface area contributed by atoms with E-state index in [2.05, 4.69) is 35.8 Å². The van der Waals surface area contributed by atoms with Gasteiger partial charge in [0.25, 0.3) is 0 Å². The Bertz CT molecular complexity index is 1390. The van der Waals surface area contributed by atoms with Crippen LogP contribution in [0.1, 0.15) is 16.9 Å². The van der Waals surface area contributed by atoms with E-state index in [-0.39, 0.29) is 26.6 Å². The molecule has 4 rings (SSSR count). The summed E-state index contributed by atoms with van der Waals surface area (Å²) >= 11 is 1.22. The number of hydrogen-bond acceptors (Lipinski definition) is 6. The quantitative estimate of drug-likeness (QED) is 0.160. The van der Waals surface area contributed by atoms with Gasteiger partial charge >= 0.3 is 6.18 Å². The molecule has 11 heteroatoms. The van der Waals surface area contributed by atoms with Crippen molar-refractivity contribution in [2.24, 2.45) is 0 Å². The zero-order chi connectivity index (χ0) is 29.6. The van der Waals surface area contributed by atoms with Crippen molar-refractivity contribution in [3.05, 3.63) is 46.8 Å². The number of piperidine rings is 1. The molecule has 0 amide bonds. The van der Waals surface area contributed by atoms with Crippen molar-refractivity contribution in [2.45, 2.75) is 31.2 Å². The molecule has 2 aromatic carbocycles. The molecule has 5 nitrogen and oxygen atoms in total. The van der Waals surface area contributed by atoms with E-state index in [1.807, 2.05) is 23.1 Å². The SMILES string of the molecule is COCCN1CCC(Nc2cccc3c(CC(F)(F)F)c(C#CCNc4ccc(P(C)C)cc4OC)sc23)C(F)C1. The number of methoxy groups -OCH3 is 2. The van der Waals surface area contributed by atoms with Gasteiger partial charge < -0.3 is 20.1 Å². The number of fused-ring (bicyclic) bond motifs is 1. The third-order valence-electron chi connectivity index (χ3n) is 7.04. The van der Waals surface area contributed by atoms with Gasteiger partial charge in [-0.15, -0.1) is 11.3 Å². The summed E-state index contributed by atoms with van der Waals surface area (Å²) < 4.78 is 67.2. The van der Waals surface area contributed by atoms with Crippen LogP contribution in [0.4, 0.5) is 28.9 Å². The first kappa shape index (κ1) is 31.4. The topological polar surface area (TPSA) is 45.8 Å². The zero-order valence-corrected chi connectivity index (χ0v) is 25.4. The summed E-state index contributed by atoms with van der Waals surface area (Å²) in [6.07, 6.45) is -5.99. The molecule has 222 valence electrons. The number of benzene rings is 2. The zero-order valence-electron chi connectivity index (χ0n) is 23.7. The second kappa shape index (κ2) is 14.1. The van der Waals surface area contributed by atoms with Crippen LogP contribution < -0.4 is 20.7 Å². The number of likely N-dealkylation sites (tertiary alicyclic amines) is 1. The molecule has 0 aliphatic carbocycles. The van der Waals surface area contributed by atoms with Gasteiger partial charge in [-0.05, 0) is 54.2 Å². The summed E-state index contributed by atoms with van der Waals surface area (Å²) in [4.78, 5) is 2.39. The second-order valence-electron chi connectivity index (χ2n) is 10.2. The van der Waals surface area contributed by atoms with Gasteiger partial charge in [-0.25, -0.2) is 4.39 Å². The van der Waals surface area contributed by atoms with Crippen molar-refractivity contribution in [3.63, 3.8) is 0 Å². The fourth-order valence-electron chi connectivity index (χ4n) is 4.88. The van der Waals surface area contributed by atoms with Crippen molar-refractivity contribution in [2.75, 3.05) is 71.0 Å². The van der Waals surface area contributed by atoms with E-state index in [4.69, 9.17) is 9.47 Å². The highest BCUT2D eigenvalue weighted by atomic mass is 32.1. The van der Waals surface area contributed by atoms with Crippen LogP contribution in [0, 0.1) is 11.8 Å². The van der Waals surface area contributed by atoms with E-state index in [0.717, 1.165) is 12.2 Å². The van der Waals surface area contributed by atoms with Gasteiger partial charge in [0.05, 0.1) is 53.7 Å².